The third kappa shape index (κ3) is 3.02. The molecule has 1 aromatic carbocycles. The van der Waals surface area contributed by atoms with Gasteiger partial charge in [-0.3, -0.25) is 10.1 Å². The Kier molecular flexibility index (Phi) is 3.85. The Balaban J connectivity index is 1.89. The first-order valence-electron chi connectivity index (χ1n) is 5.89. The zero-order valence-corrected chi connectivity index (χ0v) is 9.94. The number of carboxylic acid groups (broad SMARTS) is 1. The first kappa shape index (κ1) is 12.5. The number of hydrogen-bond acceptors (Lipinski definition) is 3. The first-order valence-corrected chi connectivity index (χ1v) is 5.89. The van der Waals surface area contributed by atoms with Gasteiger partial charge in [-0.2, -0.15) is 0 Å². The topological polar surface area (TPSA) is 69.6 Å². The van der Waals surface area contributed by atoms with Crippen LogP contribution in [0.1, 0.15) is 30.0 Å². The minimum Gasteiger partial charge on any atom is -0.508 e. The fraction of sp³-hybridized carbons (Fsp3) is 0.357. The van der Waals surface area contributed by atoms with Gasteiger partial charge in [0.05, 0.1) is 6.54 Å². The normalized spacial score (nSPS) is 16.8. The van der Waals surface area contributed by atoms with Gasteiger partial charge in [0.1, 0.15) is 12.2 Å². The Hall–Kier alpha value is -1.99. The van der Waals surface area contributed by atoms with Crippen LogP contribution in [-0.4, -0.2) is 22.7 Å². The molecule has 0 bridgehead atoms. The number of aliphatic carboxylic acids is 1. The highest BCUT2D eigenvalue weighted by Gasteiger charge is 2.21. The monoisotopic (exact) mass is 245 g/mol. The van der Waals surface area contributed by atoms with Crippen molar-refractivity contribution in [3.05, 3.63) is 29.3 Å². The van der Waals surface area contributed by atoms with E-state index in [1.165, 1.54) is 11.1 Å². The summed E-state index contributed by atoms with van der Waals surface area (Å²) >= 11 is 0. The van der Waals surface area contributed by atoms with Gasteiger partial charge in [-0.05, 0) is 36.1 Å². The highest BCUT2D eigenvalue weighted by atomic mass is 16.4. The highest BCUT2D eigenvalue weighted by molar-refractivity contribution is 5.69. The highest BCUT2D eigenvalue weighted by Crippen LogP contribution is 2.32. The first-order chi connectivity index (χ1) is 8.66. The molecule has 94 valence electrons. The minimum absolute atomic E-state index is 0.114. The molecule has 0 amide bonds. The summed E-state index contributed by atoms with van der Waals surface area (Å²) in [5.74, 6) is 4.79. The third-order valence-electron chi connectivity index (χ3n) is 3.01. The quantitative estimate of drug-likeness (QED) is 0.705. The van der Waals surface area contributed by atoms with Crippen molar-refractivity contribution in [2.24, 2.45) is 0 Å². The smallest absolute Gasteiger partial charge is 0.315 e. The van der Waals surface area contributed by atoms with Crippen molar-refractivity contribution in [1.82, 2.24) is 5.32 Å². The van der Waals surface area contributed by atoms with Gasteiger partial charge in [0, 0.05) is 6.04 Å². The number of fused-ring (bicyclic) bond motifs is 1. The van der Waals surface area contributed by atoms with Crippen molar-refractivity contribution in [1.29, 1.82) is 0 Å². The number of nitrogens with one attached hydrogen (secondary N) is 1. The molecule has 0 heterocycles. The van der Waals surface area contributed by atoms with Gasteiger partial charge in [0.2, 0.25) is 0 Å². The van der Waals surface area contributed by atoms with Crippen LogP contribution in [0.4, 0.5) is 0 Å². The van der Waals surface area contributed by atoms with E-state index < -0.39 is 5.97 Å². The van der Waals surface area contributed by atoms with E-state index in [2.05, 4.69) is 17.2 Å². The van der Waals surface area contributed by atoms with Crippen molar-refractivity contribution in [2.45, 2.75) is 25.3 Å². The lowest BCUT2D eigenvalue weighted by atomic mass is 10.1. The summed E-state index contributed by atoms with van der Waals surface area (Å²) < 4.78 is 0. The van der Waals surface area contributed by atoms with Crippen LogP contribution >= 0.6 is 0 Å². The van der Waals surface area contributed by atoms with Crippen LogP contribution in [0, 0.1) is 11.8 Å². The van der Waals surface area contributed by atoms with E-state index in [9.17, 15) is 9.90 Å². The summed E-state index contributed by atoms with van der Waals surface area (Å²) in [5, 5.41) is 21.1. The van der Waals surface area contributed by atoms with Crippen LogP contribution in [0.15, 0.2) is 18.2 Å². The van der Waals surface area contributed by atoms with E-state index in [1.54, 1.807) is 12.1 Å². The molecule has 1 unspecified atom stereocenters. The van der Waals surface area contributed by atoms with Gasteiger partial charge in [0.25, 0.3) is 0 Å². The number of benzene rings is 1. The van der Waals surface area contributed by atoms with Crippen LogP contribution in [0.5, 0.6) is 5.75 Å². The van der Waals surface area contributed by atoms with E-state index in [0.29, 0.717) is 12.3 Å². The summed E-state index contributed by atoms with van der Waals surface area (Å²) in [6.45, 7) is 0.484. The molecular weight excluding hydrogens is 230 g/mol. The van der Waals surface area contributed by atoms with E-state index in [4.69, 9.17) is 5.11 Å². The molecule has 1 aromatic rings. The van der Waals surface area contributed by atoms with Crippen LogP contribution < -0.4 is 5.32 Å². The third-order valence-corrected chi connectivity index (χ3v) is 3.01. The molecule has 1 atom stereocenters. The second kappa shape index (κ2) is 5.56. The van der Waals surface area contributed by atoms with Crippen LogP contribution in [0.2, 0.25) is 0 Å². The average Bonchev–Trinajstić information content (AvgIpc) is 2.70. The van der Waals surface area contributed by atoms with Crippen molar-refractivity contribution in [3.8, 4) is 17.6 Å². The largest absolute Gasteiger partial charge is 0.508 e. The predicted molar refractivity (Wildman–Crippen MR) is 67.2 cm³/mol. The van der Waals surface area contributed by atoms with Gasteiger partial charge >= 0.3 is 5.97 Å². The zero-order chi connectivity index (χ0) is 13.0. The van der Waals surface area contributed by atoms with Crippen molar-refractivity contribution < 1.29 is 15.0 Å². The summed E-state index contributed by atoms with van der Waals surface area (Å²) in [7, 11) is 0. The maximum atomic E-state index is 10.3. The number of carboxylic acids is 1. The molecule has 1 aliphatic rings. The molecule has 0 aromatic heterocycles. The number of phenols is 1. The number of hydrogen-bond donors (Lipinski definition) is 3. The molecule has 2 rings (SSSR count). The summed E-state index contributed by atoms with van der Waals surface area (Å²) in [6.07, 6.45) is 1.82. The Labute approximate surface area is 106 Å². The Morgan fingerprint density at radius 1 is 1.44 bits per heavy atom. The zero-order valence-electron chi connectivity index (χ0n) is 9.94. The number of aromatic hydroxyl groups is 1. The van der Waals surface area contributed by atoms with E-state index in [1.807, 2.05) is 6.07 Å². The van der Waals surface area contributed by atoms with Gasteiger partial charge in [-0.1, -0.05) is 17.9 Å². The second-order valence-electron chi connectivity index (χ2n) is 4.28. The lowest BCUT2D eigenvalue weighted by molar-refractivity contribution is -0.135. The number of carbonyl (C=O) groups is 1. The molecular formula is C14H15NO3. The van der Waals surface area contributed by atoms with Crippen LogP contribution in [0.3, 0.4) is 0 Å². The van der Waals surface area contributed by atoms with Crippen LogP contribution in [0.25, 0.3) is 0 Å². The standard InChI is InChI=1S/C14H15NO3/c16-11-5-6-12-10(9-11)4-7-13(12)15-8-2-1-3-14(17)18/h5-6,9,13,15-16H,3-4,7-8H2,(H,17,18). The average molecular weight is 245 g/mol. The molecule has 4 nitrogen and oxygen atoms in total. The predicted octanol–water partition coefficient (Wildman–Crippen LogP) is 1.45. The molecule has 0 aliphatic heterocycles. The van der Waals surface area contributed by atoms with Gasteiger partial charge in [0.15, 0.2) is 0 Å². The SMILES string of the molecule is O=C(O)CC#CCNC1CCc2cc(O)ccc21. The summed E-state index contributed by atoms with van der Waals surface area (Å²) in [6, 6.07) is 5.67. The number of rotatable bonds is 3. The lowest BCUT2D eigenvalue weighted by Gasteiger charge is -2.11. The number of aryl methyl sites for hydroxylation is 1. The molecule has 18 heavy (non-hydrogen) atoms. The number of phenolic OH excluding ortho intramolecular Hbond substituents is 1. The van der Waals surface area contributed by atoms with Crippen molar-refractivity contribution >= 4 is 5.97 Å². The van der Waals surface area contributed by atoms with E-state index in [-0.39, 0.29) is 12.5 Å². The molecule has 0 spiro atoms. The van der Waals surface area contributed by atoms with E-state index in [0.717, 1.165) is 12.8 Å². The van der Waals surface area contributed by atoms with Gasteiger partial charge < -0.3 is 10.2 Å². The Bertz CT molecular complexity index is 514. The molecule has 0 saturated carbocycles. The van der Waals surface area contributed by atoms with Crippen LogP contribution in [-0.2, 0) is 11.2 Å². The molecule has 0 fully saturated rings. The molecule has 0 saturated heterocycles. The maximum Gasteiger partial charge on any atom is 0.315 e. The van der Waals surface area contributed by atoms with Gasteiger partial charge in [-0.25, -0.2) is 0 Å². The summed E-state index contributed by atoms with van der Waals surface area (Å²) in [4.78, 5) is 10.3. The fourth-order valence-electron chi connectivity index (χ4n) is 2.19. The molecule has 1 aliphatic carbocycles. The summed E-state index contributed by atoms with van der Waals surface area (Å²) in [5.41, 5.74) is 2.37. The Morgan fingerprint density at radius 2 is 2.28 bits per heavy atom. The Morgan fingerprint density at radius 3 is 3.06 bits per heavy atom. The van der Waals surface area contributed by atoms with Gasteiger partial charge in [-0.15, -0.1) is 0 Å². The second-order valence-corrected chi connectivity index (χ2v) is 4.28. The molecule has 4 heteroatoms. The van der Waals surface area contributed by atoms with Crippen molar-refractivity contribution in [2.75, 3.05) is 6.54 Å². The molecule has 0 radical (unpaired) electrons. The fourth-order valence-corrected chi connectivity index (χ4v) is 2.19. The minimum atomic E-state index is -0.899. The maximum absolute atomic E-state index is 10.3. The lowest BCUT2D eigenvalue weighted by Crippen LogP contribution is -2.19. The molecule has 3 N–H and O–H groups in total. The van der Waals surface area contributed by atoms with Crippen molar-refractivity contribution in [3.63, 3.8) is 0 Å². The van der Waals surface area contributed by atoms with E-state index >= 15 is 0 Å².